The van der Waals surface area contributed by atoms with Crippen LogP contribution in [0, 0.1) is 6.92 Å². The molecule has 3 rings (SSSR count). The van der Waals surface area contributed by atoms with Gasteiger partial charge in [-0.05, 0) is 56.8 Å². The average molecular weight is 381 g/mol. The van der Waals surface area contributed by atoms with Crippen molar-refractivity contribution in [1.29, 1.82) is 0 Å². The summed E-state index contributed by atoms with van der Waals surface area (Å²) in [5.41, 5.74) is 3.23. The van der Waals surface area contributed by atoms with E-state index in [9.17, 15) is 5.11 Å². The van der Waals surface area contributed by atoms with Gasteiger partial charge in [0.15, 0.2) is 0 Å². The van der Waals surface area contributed by atoms with E-state index in [4.69, 9.17) is 11.6 Å². The topological polar surface area (TPSA) is 50.1 Å². The lowest BCUT2D eigenvalue weighted by molar-refractivity contribution is 0.0909. The Bertz CT molecular complexity index is 632. The van der Waals surface area contributed by atoms with Gasteiger partial charge < -0.3 is 15.0 Å². The fraction of sp³-hybridized carbons (Fsp3) is 0.562. The Labute approximate surface area is 154 Å². The largest absolute Gasteiger partial charge is 0.392 e. The Morgan fingerprint density at radius 1 is 1.39 bits per heavy atom. The predicted molar refractivity (Wildman–Crippen MR) is 100 cm³/mol. The molecule has 1 saturated heterocycles. The first kappa shape index (κ1) is 20.5. The highest BCUT2D eigenvalue weighted by Crippen LogP contribution is 2.23. The van der Waals surface area contributed by atoms with Gasteiger partial charge in [-0.3, -0.25) is 0 Å². The maximum Gasteiger partial charge on any atom is 0.0958 e. The van der Waals surface area contributed by atoms with Gasteiger partial charge >= 0.3 is 0 Å². The molecular weight excluding hydrogens is 357 g/mol. The molecule has 0 saturated carbocycles. The maximum atomic E-state index is 9.97. The molecule has 4 nitrogen and oxygen atoms in total. The Morgan fingerprint density at radius 3 is 2.91 bits per heavy atom. The number of benzene rings is 1. The van der Waals surface area contributed by atoms with Crippen LogP contribution >= 0.6 is 36.4 Å². The molecule has 1 fully saturated rings. The van der Waals surface area contributed by atoms with E-state index >= 15 is 0 Å². The molecule has 7 heteroatoms. The Hall–Kier alpha value is -0.520. The lowest BCUT2D eigenvalue weighted by Gasteiger charge is -2.29. The first-order chi connectivity index (χ1) is 10.1. The average Bonchev–Trinajstić information content (AvgIpc) is 2.84. The number of aryl methyl sites for hydroxylation is 2. The molecular formula is C16H24Cl3N3O. The highest BCUT2D eigenvalue weighted by atomic mass is 35.5. The van der Waals surface area contributed by atoms with Gasteiger partial charge in [0, 0.05) is 17.6 Å². The summed E-state index contributed by atoms with van der Waals surface area (Å²) in [5.74, 6) is 0. The van der Waals surface area contributed by atoms with Crippen LogP contribution in [-0.4, -0.2) is 33.3 Å². The van der Waals surface area contributed by atoms with E-state index in [0.717, 1.165) is 60.4 Å². The second-order valence-electron chi connectivity index (χ2n) is 5.94. The van der Waals surface area contributed by atoms with E-state index in [0.29, 0.717) is 0 Å². The van der Waals surface area contributed by atoms with E-state index in [-0.39, 0.29) is 37.0 Å². The van der Waals surface area contributed by atoms with Crippen LogP contribution in [0.4, 0.5) is 0 Å². The minimum atomic E-state index is -0.199. The number of aromatic nitrogens is 2. The molecule has 1 aliphatic heterocycles. The molecule has 2 N–H and O–H groups in total. The van der Waals surface area contributed by atoms with Crippen LogP contribution < -0.4 is 5.32 Å². The number of hydrogen-bond donors (Lipinski definition) is 2. The van der Waals surface area contributed by atoms with Crippen molar-refractivity contribution in [3.63, 3.8) is 0 Å². The number of fused-ring (bicyclic) bond motifs is 1. The fourth-order valence-corrected chi connectivity index (χ4v) is 3.45. The van der Waals surface area contributed by atoms with Gasteiger partial charge in [0.05, 0.1) is 23.5 Å². The van der Waals surface area contributed by atoms with E-state index in [1.165, 1.54) is 0 Å². The number of aliphatic hydroxyl groups excluding tert-OH is 1. The van der Waals surface area contributed by atoms with E-state index in [1.54, 1.807) is 0 Å². The molecule has 0 radical (unpaired) electrons. The van der Waals surface area contributed by atoms with Crippen LogP contribution in [0.25, 0.3) is 11.0 Å². The van der Waals surface area contributed by atoms with Gasteiger partial charge in [-0.15, -0.1) is 24.8 Å². The van der Waals surface area contributed by atoms with E-state index in [1.807, 2.05) is 25.4 Å². The summed E-state index contributed by atoms with van der Waals surface area (Å²) >= 11 is 6.14. The smallest absolute Gasteiger partial charge is 0.0958 e. The van der Waals surface area contributed by atoms with E-state index in [2.05, 4.69) is 14.9 Å². The van der Waals surface area contributed by atoms with Crippen molar-refractivity contribution < 1.29 is 5.11 Å². The second-order valence-corrected chi connectivity index (χ2v) is 6.38. The number of hydrogen-bond acceptors (Lipinski definition) is 3. The SMILES string of the molecule is Cc1cc(Cl)cc2c1ncn2CCC[C@H]1NCCC[C@@H]1O.Cl.Cl. The number of piperidine rings is 1. The van der Waals surface area contributed by atoms with Gasteiger partial charge in [0.2, 0.25) is 0 Å². The zero-order valence-corrected chi connectivity index (χ0v) is 15.6. The van der Waals surface area contributed by atoms with Crippen molar-refractivity contribution in [2.75, 3.05) is 6.54 Å². The summed E-state index contributed by atoms with van der Waals surface area (Å²) in [5, 5.41) is 14.1. The first-order valence-electron chi connectivity index (χ1n) is 7.67. The minimum Gasteiger partial charge on any atom is -0.392 e. The Balaban J connectivity index is 0.00000132. The molecule has 2 heterocycles. The van der Waals surface area contributed by atoms with Crippen molar-refractivity contribution in [1.82, 2.24) is 14.9 Å². The summed E-state index contributed by atoms with van der Waals surface area (Å²) in [6, 6.07) is 4.16. The van der Waals surface area contributed by atoms with Gasteiger partial charge in [0.25, 0.3) is 0 Å². The van der Waals surface area contributed by atoms with Gasteiger partial charge in [0.1, 0.15) is 0 Å². The van der Waals surface area contributed by atoms with E-state index < -0.39 is 0 Å². The summed E-state index contributed by atoms with van der Waals surface area (Å²) in [7, 11) is 0. The minimum absolute atomic E-state index is 0. The van der Waals surface area contributed by atoms with Crippen LogP contribution in [-0.2, 0) is 6.54 Å². The summed E-state index contributed by atoms with van der Waals surface area (Å²) in [6.07, 6.45) is 5.68. The molecule has 23 heavy (non-hydrogen) atoms. The highest BCUT2D eigenvalue weighted by Gasteiger charge is 2.21. The molecule has 1 aliphatic rings. The third kappa shape index (κ3) is 4.74. The molecule has 130 valence electrons. The quantitative estimate of drug-likeness (QED) is 0.849. The predicted octanol–water partition coefficient (Wildman–Crippen LogP) is 3.73. The normalized spacial score (nSPS) is 20.8. The van der Waals surface area contributed by atoms with Crippen LogP contribution in [0.15, 0.2) is 18.5 Å². The number of aliphatic hydroxyl groups is 1. The van der Waals surface area contributed by atoms with Gasteiger partial charge in [-0.25, -0.2) is 4.98 Å². The van der Waals surface area contributed by atoms with Gasteiger partial charge in [-0.2, -0.15) is 0 Å². The monoisotopic (exact) mass is 379 g/mol. The van der Waals surface area contributed by atoms with Crippen molar-refractivity contribution in [2.45, 2.75) is 51.3 Å². The molecule has 0 amide bonds. The summed E-state index contributed by atoms with van der Waals surface area (Å²) < 4.78 is 2.16. The number of rotatable bonds is 4. The lowest BCUT2D eigenvalue weighted by atomic mass is 9.97. The number of nitrogens with one attached hydrogen (secondary N) is 1. The lowest BCUT2D eigenvalue weighted by Crippen LogP contribution is -2.44. The first-order valence-corrected chi connectivity index (χ1v) is 8.05. The molecule has 0 spiro atoms. The maximum absolute atomic E-state index is 9.97. The number of nitrogens with zero attached hydrogens (tertiary/aromatic N) is 2. The van der Waals surface area contributed by atoms with Crippen LogP contribution in [0.1, 0.15) is 31.2 Å². The third-order valence-electron chi connectivity index (χ3n) is 4.34. The van der Waals surface area contributed by atoms with Crippen LogP contribution in [0.3, 0.4) is 0 Å². The summed E-state index contributed by atoms with van der Waals surface area (Å²) in [6.45, 7) is 3.96. The zero-order valence-electron chi connectivity index (χ0n) is 13.2. The summed E-state index contributed by atoms with van der Waals surface area (Å²) in [4.78, 5) is 4.48. The molecule has 0 aliphatic carbocycles. The fourth-order valence-electron chi connectivity index (χ4n) is 3.18. The van der Waals surface area contributed by atoms with Crippen molar-refractivity contribution in [3.8, 4) is 0 Å². The molecule has 2 aromatic rings. The molecule has 0 bridgehead atoms. The van der Waals surface area contributed by atoms with Crippen LogP contribution in [0.5, 0.6) is 0 Å². The molecule has 0 unspecified atom stereocenters. The Morgan fingerprint density at radius 2 is 2.17 bits per heavy atom. The Kier molecular flexibility index (Phi) is 8.11. The second kappa shape index (κ2) is 9.09. The van der Waals surface area contributed by atoms with Crippen molar-refractivity contribution >= 4 is 47.4 Å². The van der Waals surface area contributed by atoms with Crippen molar-refractivity contribution in [2.24, 2.45) is 0 Å². The third-order valence-corrected chi connectivity index (χ3v) is 4.56. The van der Waals surface area contributed by atoms with Crippen molar-refractivity contribution in [3.05, 3.63) is 29.0 Å². The zero-order chi connectivity index (χ0) is 14.8. The van der Waals surface area contributed by atoms with Gasteiger partial charge in [-0.1, -0.05) is 11.6 Å². The molecule has 2 atom stereocenters. The van der Waals surface area contributed by atoms with Crippen LogP contribution in [0.2, 0.25) is 5.02 Å². The highest BCUT2D eigenvalue weighted by molar-refractivity contribution is 6.31. The standard InChI is InChI=1S/C16H22ClN3O.2ClH/c1-11-8-12(17)9-14-16(11)19-10-20(14)7-3-4-13-15(21)5-2-6-18-13;;/h8-10,13,15,18,21H,2-7H2,1H3;2*1H/t13-,15+;;/m1../s1. The number of halogens is 3. The number of imidazole rings is 1. The molecule has 1 aromatic carbocycles. The molecule has 1 aromatic heterocycles.